The van der Waals surface area contributed by atoms with Crippen molar-refractivity contribution < 1.29 is 9.13 Å². The highest BCUT2D eigenvalue weighted by Gasteiger charge is 2.23. The number of anilines is 1. The van der Waals surface area contributed by atoms with Gasteiger partial charge in [0.15, 0.2) is 0 Å². The van der Waals surface area contributed by atoms with Crippen molar-refractivity contribution in [1.29, 1.82) is 0 Å². The van der Waals surface area contributed by atoms with Gasteiger partial charge in [0.2, 0.25) is 0 Å². The van der Waals surface area contributed by atoms with E-state index in [2.05, 4.69) is 17.1 Å². The number of hydrogen-bond donors (Lipinski definition) is 1. The molecule has 4 heteroatoms. The molecule has 1 fully saturated rings. The molecular weight excluding hydrogens is 243 g/mol. The second-order valence-corrected chi connectivity index (χ2v) is 5.09. The summed E-state index contributed by atoms with van der Waals surface area (Å²) in [5.74, 6) is -0.124. The second kappa shape index (κ2) is 6.87. The Morgan fingerprint density at radius 3 is 3.00 bits per heavy atom. The van der Waals surface area contributed by atoms with Crippen molar-refractivity contribution in [1.82, 2.24) is 5.32 Å². The molecule has 1 aliphatic rings. The average Bonchev–Trinajstić information content (AvgIpc) is 2.82. The standard InChI is InChI=1S/C15H23FN2O/c1-12-5-4-9-18(12)15-7-3-6-14(16)13(15)11-17-8-10-19-2/h3,6-7,12,17H,4-5,8-11H2,1-2H3. The van der Waals surface area contributed by atoms with E-state index in [0.29, 0.717) is 19.2 Å². The van der Waals surface area contributed by atoms with Gasteiger partial charge in [-0.25, -0.2) is 4.39 Å². The number of nitrogens with zero attached hydrogens (tertiary/aromatic N) is 1. The minimum absolute atomic E-state index is 0.124. The van der Waals surface area contributed by atoms with Gasteiger partial charge in [-0.2, -0.15) is 0 Å². The van der Waals surface area contributed by atoms with Gasteiger partial charge < -0.3 is 15.0 Å². The predicted octanol–water partition coefficient (Wildman–Crippen LogP) is 2.55. The lowest BCUT2D eigenvalue weighted by atomic mass is 10.1. The van der Waals surface area contributed by atoms with Crippen LogP contribution in [0.5, 0.6) is 0 Å². The Bertz CT molecular complexity index is 411. The van der Waals surface area contributed by atoms with Crippen LogP contribution in [0.3, 0.4) is 0 Å². The molecule has 0 amide bonds. The van der Waals surface area contributed by atoms with Gasteiger partial charge in [0.1, 0.15) is 5.82 Å². The Balaban J connectivity index is 2.11. The monoisotopic (exact) mass is 266 g/mol. The van der Waals surface area contributed by atoms with Crippen LogP contribution in [0.15, 0.2) is 18.2 Å². The first kappa shape index (κ1) is 14.3. The molecule has 0 bridgehead atoms. The molecule has 1 saturated heterocycles. The second-order valence-electron chi connectivity index (χ2n) is 5.09. The third-order valence-corrected chi connectivity index (χ3v) is 3.74. The fourth-order valence-electron chi connectivity index (χ4n) is 2.67. The number of ether oxygens (including phenoxy) is 1. The van der Waals surface area contributed by atoms with E-state index >= 15 is 0 Å². The third-order valence-electron chi connectivity index (χ3n) is 3.74. The lowest BCUT2D eigenvalue weighted by molar-refractivity contribution is 0.199. The van der Waals surface area contributed by atoms with Crippen LogP contribution >= 0.6 is 0 Å². The van der Waals surface area contributed by atoms with Gasteiger partial charge in [-0.15, -0.1) is 0 Å². The molecule has 0 aromatic heterocycles. The van der Waals surface area contributed by atoms with E-state index in [-0.39, 0.29) is 5.82 Å². The number of benzene rings is 1. The lowest BCUT2D eigenvalue weighted by Gasteiger charge is -2.26. The molecule has 3 nitrogen and oxygen atoms in total. The fraction of sp³-hybridized carbons (Fsp3) is 0.600. The number of methoxy groups -OCH3 is 1. The van der Waals surface area contributed by atoms with Gasteiger partial charge in [0, 0.05) is 44.0 Å². The molecule has 0 aliphatic carbocycles. The summed E-state index contributed by atoms with van der Waals surface area (Å²) in [6.07, 6.45) is 2.38. The highest BCUT2D eigenvalue weighted by atomic mass is 19.1. The van der Waals surface area contributed by atoms with Crippen molar-refractivity contribution in [3.63, 3.8) is 0 Å². The van der Waals surface area contributed by atoms with Crippen molar-refractivity contribution >= 4 is 5.69 Å². The summed E-state index contributed by atoms with van der Waals surface area (Å²) in [7, 11) is 1.67. The zero-order chi connectivity index (χ0) is 13.7. The molecule has 1 heterocycles. The summed E-state index contributed by atoms with van der Waals surface area (Å²) >= 11 is 0. The van der Waals surface area contributed by atoms with Gasteiger partial charge >= 0.3 is 0 Å². The van der Waals surface area contributed by atoms with E-state index in [0.717, 1.165) is 24.3 Å². The molecule has 1 aromatic carbocycles. The third kappa shape index (κ3) is 3.45. The number of nitrogens with one attached hydrogen (secondary N) is 1. The number of rotatable bonds is 6. The van der Waals surface area contributed by atoms with Crippen molar-refractivity contribution in [3.05, 3.63) is 29.6 Å². The number of halogens is 1. The van der Waals surface area contributed by atoms with Crippen LogP contribution in [-0.2, 0) is 11.3 Å². The molecular formula is C15H23FN2O. The maximum absolute atomic E-state index is 14.0. The topological polar surface area (TPSA) is 24.5 Å². The SMILES string of the molecule is COCCNCc1c(F)cccc1N1CCCC1C. The molecule has 1 N–H and O–H groups in total. The summed E-state index contributed by atoms with van der Waals surface area (Å²) in [6.45, 7) is 5.16. The molecule has 0 radical (unpaired) electrons. The molecule has 1 atom stereocenters. The minimum Gasteiger partial charge on any atom is -0.383 e. The fourth-order valence-corrected chi connectivity index (χ4v) is 2.67. The van der Waals surface area contributed by atoms with Gasteiger partial charge in [-0.05, 0) is 31.9 Å². The predicted molar refractivity (Wildman–Crippen MR) is 76.0 cm³/mol. The first-order chi connectivity index (χ1) is 9.24. The molecule has 1 unspecified atom stereocenters. The van der Waals surface area contributed by atoms with Crippen LogP contribution in [0, 0.1) is 5.82 Å². The number of hydrogen-bond acceptors (Lipinski definition) is 3. The van der Waals surface area contributed by atoms with Gasteiger partial charge in [0.25, 0.3) is 0 Å². The zero-order valence-corrected chi connectivity index (χ0v) is 11.8. The van der Waals surface area contributed by atoms with E-state index in [9.17, 15) is 4.39 Å². The zero-order valence-electron chi connectivity index (χ0n) is 11.8. The van der Waals surface area contributed by atoms with E-state index in [4.69, 9.17) is 4.74 Å². The van der Waals surface area contributed by atoms with Crippen LogP contribution in [0.4, 0.5) is 10.1 Å². The van der Waals surface area contributed by atoms with Gasteiger partial charge in [0.05, 0.1) is 6.61 Å². The molecule has 19 heavy (non-hydrogen) atoms. The van der Waals surface area contributed by atoms with Crippen LogP contribution in [0.1, 0.15) is 25.3 Å². The Labute approximate surface area is 114 Å². The summed E-state index contributed by atoms with van der Waals surface area (Å²) < 4.78 is 19.0. The average molecular weight is 266 g/mol. The maximum Gasteiger partial charge on any atom is 0.129 e. The maximum atomic E-state index is 14.0. The largest absolute Gasteiger partial charge is 0.383 e. The normalized spacial score (nSPS) is 19.1. The minimum atomic E-state index is -0.124. The molecule has 0 spiro atoms. The quantitative estimate of drug-likeness (QED) is 0.801. The molecule has 2 rings (SSSR count). The van der Waals surface area contributed by atoms with Crippen molar-refractivity contribution in [2.45, 2.75) is 32.4 Å². The Morgan fingerprint density at radius 2 is 2.32 bits per heavy atom. The van der Waals surface area contributed by atoms with E-state index in [1.54, 1.807) is 13.2 Å². The molecule has 1 aliphatic heterocycles. The van der Waals surface area contributed by atoms with Gasteiger partial charge in [-0.1, -0.05) is 6.07 Å². The molecule has 1 aromatic rings. The Kier molecular flexibility index (Phi) is 5.16. The highest BCUT2D eigenvalue weighted by molar-refractivity contribution is 5.55. The van der Waals surface area contributed by atoms with Crippen molar-refractivity contribution in [3.8, 4) is 0 Å². The van der Waals surface area contributed by atoms with Crippen molar-refractivity contribution in [2.75, 3.05) is 31.7 Å². The van der Waals surface area contributed by atoms with E-state index in [1.807, 2.05) is 6.07 Å². The Hall–Kier alpha value is -1.13. The summed E-state index contributed by atoms with van der Waals surface area (Å²) in [5.41, 5.74) is 1.81. The summed E-state index contributed by atoms with van der Waals surface area (Å²) in [4.78, 5) is 2.32. The van der Waals surface area contributed by atoms with Gasteiger partial charge in [-0.3, -0.25) is 0 Å². The smallest absolute Gasteiger partial charge is 0.129 e. The Morgan fingerprint density at radius 1 is 1.47 bits per heavy atom. The van der Waals surface area contributed by atoms with Crippen LogP contribution in [-0.4, -0.2) is 32.8 Å². The highest BCUT2D eigenvalue weighted by Crippen LogP contribution is 2.29. The summed E-state index contributed by atoms with van der Waals surface area (Å²) in [5, 5.41) is 3.23. The lowest BCUT2D eigenvalue weighted by Crippen LogP contribution is -2.29. The molecule has 0 saturated carbocycles. The van der Waals surface area contributed by atoms with Crippen LogP contribution < -0.4 is 10.2 Å². The van der Waals surface area contributed by atoms with Crippen LogP contribution in [0.2, 0.25) is 0 Å². The first-order valence-electron chi connectivity index (χ1n) is 6.97. The summed E-state index contributed by atoms with van der Waals surface area (Å²) in [6, 6.07) is 5.86. The van der Waals surface area contributed by atoms with Crippen molar-refractivity contribution in [2.24, 2.45) is 0 Å². The van der Waals surface area contributed by atoms with E-state index in [1.165, 1.54) is 18.9 Å². The van der Waals surface area contributed by atoms with Crippen LogP contribution in [0.25, 0.3) is 0 Å². The van der Waals surface area contributed by atoms with E-state index < -0.39 is 0 Å². The first-order valence-corrected chi connectivity index (χ1v) is 6.97. The molecule has 106 valence electrons.